The average molecular weight is 385 g/mol. The number of hydrogen-bond donors (Lipinski definition) is 3. The predicted octanol–water partition coefficient (Wildman–Crippen LogP) is 4.98. The van der Waals surface area contributed by atoms with Crippen molar-refractivity contribution in [3.8, 4) is 22.4 Å². The Bertz CT molecular complexity index is 1160. The van der Waals surface area contributed by atoms with E-state index in [4.69, 9.17) is 18.0 Å². The predicted molar refractivity (Wildman–Crippen MR) is 121 cm³/mol. The van der Waals surface area contributed by atoms with Crippen molar-refractivity contribution in [2.45, 2.75) is 6.92 Å². The van der Waals surface area contributed by atoms with E-state index in [9.17, 15) is 0 Å². The first-order chi connectivity index (χ1) is 13.6. The molecule has 0 unspecified atom stereocenters. The van der Waals surface area contributed by atoms with E-state index >= 15 is 0 Å². The molecule has 0 aliphatic rings. The smallest absolute Gasteiger partial charge is 0.184 e. The zero-order chi connectivity index (χ0) is 19.5. The molecule has 1 heterocycles. The van der Waals surface area contributed by atoms with Crippen LogP contribution in [0.2, 0.25) is 0 Å². The van der Waals surface area contributed by atoms with Gasteiger partial charge in [0.15, 0.2) is 5.11 Å². The van der Waals surface area contributed by atoms with Gasteiger partial charge in [0.05, 0.1) is 11.9 Å². The quantitative estimate of drug-likeness (QED) is 0.264. The highest BCUT2D eigenvalue weighted by atomic mass is 32.1. The van der Waals surface area contributed by atoms with E-state index in [0.717, 1.165) is 38.9 Å². The number of nitrogens with two attached hydrogens (primary N) is 1. The Kier molecular flexibility index (Phi) is 4.91. The molecule has 0 radical (unpaired) electrons. The van der Waals surface area contributed by atoms with Crippen LogP contribution in [0.4, 0.5) is 0 Å². The molecule has 4 rings (SSSR count). The number of hydrogen-bond acceptors (Lipinski definition) is 2. The van der Waals surface area contributed by atoms with Gasteiger partial charge in [0.25, 0.3) is 0 Å². The average Bonchev–Trinajstić information content (AvgIpc) is 3.08. The fraction of sp³-hybridized carbons (Fsp3) is 0.0435. The second-order valence-corrected chi connectivity index (χ2v) is 7.05. The number of thiocarbonyl (C=S) groups is 1. The van der Waals surface area contributed by atoms with E-state index in [2.05, 4.69) is 77.0 Å². The van der Waals surface area contributed by atoms with E-state index in [0.29, 0.717) is 0 Å². The molecule has 4 nitrogen and oxygen atoms in total. The minimum Gasteiger partial charge on any atom is -0.375 e. The second kappa shape index (κ2) is 7.66. The van der Waals surface area contributed by atoms with Gasteiger partial charge < -0.3 is 10.7 Å². The number of rotatable bonds is 4. The molecule has 0 saturated carbocycles. The van der Waals surface area contributed by atoms with Crippen LogP contribution in [0.3, 0.4) is 0 Å². The van der Waals surface area contributed by atoms with Crippen LogP contribution in [0.1, 0.15) is 11.1 Å². The van der Waals surface area contributed by atoms with Gasteiger partial charge in [-0.1, -0.05) is 72.3 Å². The Morgan fingerprint density at radius 2 is 1.71 bits per heavy atom. The van der Waals surface area contributed by atoms with Crippen LogP contribution in [-0.4, -0.2) is 16.3 Å². The topological polar surface area (TPSA) is 66.2 Å². The summed E-state index contributed by atoms with van der Waals surface area (Å²) >= 11 is 4.87. The van der Waals surface area contributed by atoms with Gasteiger partial charge in [0, 0.05) is 16.5 Å². The van der Waals surface area contributed by atoms with Crippen molar-refractivity contribution in [3.63, 3.8) is 0 Å². The lowest BCUT2D eigenvalue weighted by molar-refractivity contribution is 1.04. The second-order valence-electron chi connectivity index (χ2n) is 6.61. The van der Waals surface area contributed by atoms with E-state index in [1.165, 1.54) is 5.56 Å². The standard InChI is InChI=1S/C23H20N4S/c1-15-10-12-16(13-11-15)18-8-5-9-20-21(18)19(14-25-27-23(24)28)22(26-20)17-6-3-2-4-7-17/h2-14,26H,1H3,(H3,24,27,28)/b25-14+. The molecule has 3 aromatic carbocycles. The number of benzene rings is 3. The summed E-state index contributed by atoms with van der Waals surface area (Å²) < 4.78 is 0. The normalized spacial score (nSPS) is 11.2. The minimum absolute atomic E-state index is 0.135. The van der Waals surface area contributed by atoms with Crippen molar-refractivity contribution in [2.75, 3.05) is 0 Å². The van der Waals surface area contributed by atoms with Crippen molar-refractivity contribution in [2.24, 2.45) is 10.8 Å². The summed E-state index contributed by atoms with van der Waals surface area (Å²) in [5.41, 5.74) is 15.9. The molecule has 28 heavy (non-hydrogen) atoms. The van der Waals surface area contributed by atoms with Crippen LogP contribution < -0.4 is 11.2 Å². The molecule has 4 aromatic rings. The molecule has 0 spiro atoms. The highest BCUT2D eigenvalue weighted by molar-refractivity contribution is 7.80. The van der Waals surface area contributed by atoms with Crippen molar-refractivity contribution >= 4 is 34.4 Å². The summed E-state index contributed by atoms with van der Waals surface area (Å²) in [6.45, 7) is 2.09. The first-order valence-electron chi connectivity index (χ1n) is 8.99. The van der Waals surface area contributed by atoms with Crippen LogP contribution in [-0.2, 0) is 0 Å². The molecule has 138 valence electrons. The van der Waals surface area contributed by atoms with Gasteiger partial charge in [-0.2, -0.15) is 5.10 Å². The van der Waals surface area contributed by atoms with Gasteiger partial charge in [0.2, 0.25) is 0 Å². The van der Waals surface area contributed by atoms with Gasteiger partial charge >= 0.3 is 0 Å². The van der Waals surface area contributed by atoms with Crippen molar-refractivity contribution < 1.29 is 0 Å². The molecular formula is C23H20N4S. The van der Waals surface area contributed by atoms with Crippen molar-refractivity contribution in [1.82, 2.24) is 10.4 Å². The Balaban J connectivity index is 1.97. The molecule has 0 saturated heterocycles. The molecule has 4 N–H and O–H groups in total. The highest BCUT2D eigenvalue weighted by Crippen LogP contribution is 2.36. The first kappa shape index (κ1) is 17.9. The van der Waals surface area contributed by atoms with Crippen LogP contribution in [0.15, 0.2) is 77.9 Å². The number of nitrogens with one attached hydrogen (secondary N) is 2. The molecule has 0 atom stereocenters. The summed E-state index contributed by atoms with van der Waals surface area (Å²) in [7, 11) is 0. The fourth-order valence-electron chi connectivity index (χ4n) is 3.37. The number of aromatic amines is 1. The molecule has 0 bridgehead atoms. The number of hydrazone groups is 1. The fourth-order valence-corrected chi connectivity index (χ4v) is 3.42. The van der Waals surface area contributed by atoms with Gasteiger partial charge in [-0.05, 0) is 41.9 Å². The first-order valence-corrected chi connectivity index (χ1v) is 9.40. The third-order valence-corrected chi connectivity index (χ3v) is 4.75. The largest absolute Gasteiger partial charge is 0.375 e. The Morgan fingerprint density at radius 3 is 2.43 bits per heavy atom. The summed E-state index contributed by atoms with van der Waals surface area (Å²) in [6, 6.07) is 25.0. The molecular weight excluding hydrogens is 364 g/mol. The summed E-state index contributed by atoms with van der Waals surface area (Å²) in [6.07, 6.45) is 1.78. The maximum atomic E-state index is 5.53. The van der Waals surface area contributed by atoms with Gasteiger partial charge in [0.1, 0.15) is 0 Å². The van der Waals surface area contributed by atoms with E-state index < -0.39 is 0 Å². The molecule has 0 aliphatic heterocycles. The maximum absolute atomic E-state index is 5.53. The lowest BCUT2D eigenvalue weighted by atomic mass is 9.97. The van der Waals surface area contributed by atoms with Crippen LogP contribution in [0.5, 0.6) is 0 Å². The van der Waals surface area contributed by atoms with Gasteiger partial charge in [-0.15, -0.1) is 0 Å². The van der Waals surface area contributed by atoms with Crippen molar-refractivity contribution in [1.29, 1.82) is 0 Å². The number of H-pyrrole nitrogens is 1. The van der Waals surface area contributed by atoms with E-state index in [-0.39, 0.29) is 5.11 Å². The third-order valence-electron chi connectivity index (χ3n) is 4.66. The van der Waals surface area contributed by atoms with E-state index in [1.807, 2.05) is 18.2 Å². The highest BCUT2D eigenvalue weighted by Gasteiger charge is 2.15. The number of fused-ring (bicyclic) bond motifs is 1. The SMILES string of the molecule is Cc1ccc(-c2cccc3[nH]c(-c4ccccc4)c(/C=N/NC(N)=S)c23)cc1. The number of aryl methyl sites for hydroxylation is 1. The zero-order valence-electron chi connectivity index (χ0n) is 15.4. The molecule has 5 heteroatoms. The molecule has 0 amide bonds. The Morgan fingerprint density at radius 1 is 0.964 bits per heavy atom. The van der Waals surface area contributed by atoms with Gasteiger partial charge in [-0.25, -0.2) is 0 Å². The van der Waals surface area contributed by atoms with Gasteiger partial charge in [-0.3, -0.25) is 5.43 Å². The van der Waals surface area contributed by atoms with Crippen LogP contribution in [0.25, 0.3) is 33.3 Å². The molecule has 0 aliphatic carbocycles. The Labute approximate surface area is 169 Å². The molecule has 1 aromatic heterocycles. The number of aromatic nitrogens is 1. The summed E-state index contributed by atoms with van der Waals surface area (Å²) in [4.78, 5) is 3.56. The van der Waals surface area contributed by atoms with E-state index in [1.54, 1.807) is 6.21 Å². The zero-order valence-corrected chi connectivity index (χ0v) is 16.3. The monoisotopic (exact) mass is 384 g/mol. The molecule has 0 fully saturated rings. The third kappa shape index (κ3) is 3.52. The van der Waals surface area contributed by atoms with Crippen LogP contribution >= 0.6 is 12.2 Å². The summed E-state index contributed by atoms with van der Waals surface area (Å²) in [5.74, 6) is 0. The van der Waals surface area contributed by atoms with Crippen LogP contribution in [0, 0.1) is 6.92 Å². The van der Waals surface area contributed by atoms with Crippen molar-refractivity contribution in [3.05, 3.63) is 83.9 Å². The number of nitrogens with zero attached hydrogens (tertiary/aromatic N) is 1. The summed E-state index contributed by atoms with van der Waals surface area (Å²) in [5, 5.41) is 5.48. The maximum Gasteiger partial charge on any atom is 0.184 e. The lowest BCUT2D eigenvalue weighted by Gasteiger charge is -2.06. The Hall–Kier alpha value is -3.44. The minimum atomic E-state index is 0.135. The lowest BCUT2D eigenvalue weighted by Crippen LogP contribution is -2.24.